The standard InChI is InChI=1S/C33H38N6O4/c1-16(2)13-22-28(42)38-23(26(40)34-22)14-32(18-9-5-7-11-20(18)35-30(32)38)33-15-24-27(41)37-25(17(3)4)29(43)39(24)31(33)36-21-12-8-6-10-19(21)33/h5-12,16-17,22-25,30-31,35-36H,13-15H2,1-4H3,(H,34,40)(H,37,41). The lowest BCUT2D eigenvalue weighted by Gasteiger charge is -2.48. The highest BCUT2D eigenvalue weighted by Crippen LogP contribution is 2.68. The van der Waals surface area contributed by atoms with Crippen molar-refractivity contribution in [1.29, 1.82) is 0 Å². The zero-order valence-corrected chi connectivity index (χ0v) is 24.9. The molecule has 0 radical (unpaired) electrons. The first kappa shape index (κ1) is 26.5. The van der Waals surface area contributed by atoms with Gasteiger partial charge in [0.25, 0.3) is 0 Å². The van der Waals surface area contributed by atoms with Crippen LogP contribution in [-0.2, 0) is 30.0 Å². The number of carbonyl (C=O) groups is 4. The second kappa shape index (κ2) is 8.74. The molecule has 8 unspecified atom stereocenters. The van der Waals surface area contributed by atoms with Gasteiger partial charge < -0.3 is 31.1 Å². The van der Waals surface area contributed by atoms with Gasteiger partial charge >= 0.3 is 0 Å². The molecule has 10 heteroatoms. The van der Waals surface area contributed by atoms with E-state index >= 15 is 0 Å². The number of carbonyl (C=O) groups excluding carboxylic acids is 4. The molecule has 0 saturated carbocycles. The van der Waals surface area contributed by atoms with Crippen molar-refractivity contribution in [3.8, 4) is 0 Å². The van der Waals surface area contributed by atoms with Crippen LogP contribution in [-0.4, -0.2) is 69.9 Å². The van der Waals surface area contributed by atoms with Crippen LogP contribution in [0.4, 0.5) is 11.4 Å². The van der Waals surface area contributed by atoms with E-state index in [0.717, 1.165) is 22.5 Å². The topological polar surface area (TPSA) is 123 Å². The Bertz CT molecular complexity index is 1590. The number of anilines is 2. The SMILES string of the molecule is CC(C)CC1NC(=O)C2CC3(C45CC6C(=O)NC(C(C)C)C(=O)N6C4Nc4ccccc45)c4ccccc4NC3N2C1=O. The first-order chi connectivity index (χ1) is 20.6. The molecule has 4 N–H and O–H groups in total. The van der Waals surface area contributed by atoms with Crippen LogP contribution in [0.25, 0.3) is 0 Å². The third kappa shape index (κ3) is 3.14. The summed E-state index contributed by atoms with van der Waals surface area (Å²) in [5, 5.41) is 13.5. The molecule has 2 aromatic carbocycles. The summed E-state index contributed by atoms with van der Waals surface area (Å²) < 4.78 is 0. The highest BCUT2D eigenvalue weighted by molar-refractivity contribution is 6.01. The summed E-state index contributed by atoms with van der Waals surface area (Å²) in [5.74, 6) is -0.321. The average Bonchev–Trinajstić information content (AvgIpc) is 3.67. The summed E-state index contributed by atoms with van der Waals surface area (Å²) in [4.78, 5) is 59.7. The van der Waals surface area contributed by atoms with Gasteiger partial charge in [0.2, 0.25) is 23.6 Å². The monoisotopic (exact) mass is 582 g/mol. The number of hydrogen-bond donors (Lipinski definition) is 4. The van der Waals surface area contributed by atoms with E-state index in [1.807, 2.05) is 50.2 Å². The molecule has 224 valence electrons. The summed E-state index contributed by atoms with van der Waals surface area (Å²) in [6.45, 7) is 7.99. The van der Waals surface area contributed by atoms with Gasteiger partial charge in [0, 0.05) is 11.4 Å². The molecule has 6 aliphatic heterocycles. The van der Waals surface area contributed by atoms with E-state index in [4.69, 9.17) is 0 Å². The second-order valence-corrected chi connectivity index (χ2v) is 14.0. The fourth-order valence-corrected chi connectivity index (χ4v) is 9.45. The smallest absolute Gasteiger partial charge is 0.247 e. The van der Waals surface area contributed by atoms with E-state index in [1.165, 1.54) is 0 Å². The van der Waals surface area contributed by atoms with Crippen molar-refractivity contribution in [2.24, 2.45) is 11.8 Å². The van der Waals surface area contributed by atoms with Crippen molar-refractivity contribution in [2.75, 3.05) is 10.6 Å². The molecule has 2 aromatic rings. The van der Waals surface area contributed by atoms with E-state index < -0.39 is 47.3 Å². The van der Waals surface area contributed by atoms with Crippen LogP contribution < -0.4 is 21.3 Å². The maximum atomic E-state index is 14.3. The van der Waals surface area contributed by atoms with E-state index in [-0.39, 0.29) is 35.5 Å². The number of piperazine rings is 2. The van der Waals surface area contributed by atoms with Crippen molar-refractivity contribution < 1.29 is 19.2 Å². The van der Waals surface area contributed by atoms with Gasteiger partial charge in [0.1, 0.15) is 36.5 Å². The van der Waals surface area contributed by atoms with Gasteiger partial charge in [0.15, 0.2) is 0 Å². The van der Waals surface area contributed by atoms with Crippen LogP contribution in [0.15, 0.2) is 48.5 Å². The third-order valence-electron chi connectivity index (χ3n) is 11.1. The fourth-order valence-electron chi connectivity index (χ4n) is 9.45. The lowest BCUT2D eigenvalue weighted by Crippen LogP contribution is -2.67. The van der Waals surface area contributed by atoms with E-state index in [0.29, 0.717) is 19.3 Å². The molecule has 0 aliphatic carbocycles. The lowest BCUT2D eigenvalue weighted by molar-refractivity contribution is -0.150. The molecule has 6 aliphatic rings. The van der Waals surface area contributed by atoms with Gasteiger partial charge in [-0.1, -0.05) is 64.1 Å². The minimum Gasteiger partial charge on any atom is -0.364 e. The number of amides is 4. The molecule has 8 atom stereocenters. The molecular weight excluding hydrogens is 544 g/mol. The zero-order chi connectivity index (χ0) is 30.0. The molecule has 0 bridgehead atoms. The first-order valence-electron chi connectivity index (χ1n) is 15.6. The van der Waals surface area contributed by atoms with Crippen LogP contribution in [0.5, 0.6) is 0 Å². The summed E-state index contributed by atoms with van der Waals surface area (Å²) in [5.41, 5.74) is 2.27. The largest absolute Gasteiger partial charge is 0.364 e. The quantitative estimate of drug-likeness (QED) is 0.439. The molecule has 0 aromatic heterocycles. The maximum Gasteiger partial charge on any atom is 0.247 e. The predicted molar refractivity (Wildman–Crippen MR) is 160 cm³/mol. The number of hydrogen-bond acceptors (Lipinski definition) is 6. The maximum absolute atomic E-state index is 14.3. The second-order valence-electron chi connectivity index (χ2n) is 14.0. The Kier molecular flexibility index (Phi) is 5.39. The Labute approximate surface area is 250 Å². The Morgan fingerprint density at radius 3 is 1.70 bits per heavy atom. The number of nitrogens with one attached hydrogen (secondary N) is 4. The summed E-state index contributed by atoms with van der Waals surface area (Å²) in [6.07, 6.45) is 0.252. The van der Waals surface area contributed by atoms with Gasteiger partial charge in [-0.2, -0.15) is 0 Å². The average molecular weight is 583 g/mol. The molecule has 0 spiro atoms. The minimum absolute atomic E-state index is 0.0735. The third-order valence-corrected chi connectivity index (χ3v) is 11.1. The van der Waals surface area contributed by atoms with Gasteiger partial charge in [-0.3, -0.25) is 19.2 Å². The van der Waals surface area contributed by atoms with Crippen molar-refractivity contribution in [3.63, 3.8) is 0 Å². The van der Waals surface area contributed by atoms with Crippen LogP contribution in [0.2, 0.25) is 0 Å². The number of rotatable bonds is 4. The zero-order valence-electron chi connectivity index (χ0n) is 24.9. The van der Waals surface area contributed by atoms with Gasteiger partial charge in [-0.05, 0) is 54.4 Å². The van der Waals surface area contributed by atoms with Crippen molar-refractivity contribution in [1.82, 2.24) is 20.4 Å². The number of nitrogens with zero attached hydrogens (tertiary/aromatic N) is 2. The first-order valence-corrected chi connectivity index (χ1v) is 15.6. The molecule has 4 fully saturated rings. The Morgan fingerprint density at radius 2 is 1.19 bits per heavy atom. The van der Waals surface area contributed by atoms with Crippen LogP contribution in [0.1, 0.15) is 58.1 Å². The summed E-state index contributed by atoms with van der Waals surface area (Å²) in [6, 6.07) is 13.6. The lowest BCUT2D eigenvalue weighted by atomic mass is 9.54. The molecule has 6 heterocycles. The van der Waals surface area contributed by atoms with Gasteiger partial charge in [0.05, 0.1) is 10.8 Å². The van der Waals surface area contributed by atoms with Crippen molar-refractivity contribution in [2.45, 2.75) is 94.3 Å². The molecule has 43 heavy (non-hydrogen) atoms. The van der Waals surface area contributed by atoms with E-state index in [2.05, 4.69) is 47.2 Å². The van der Waals surface area contributed by atoms with Crippen molar-refractivity contribution >= 4 is 35.0 Å². The van der Waals surface area contributed by atoms with Gasteiger partial charge in [-0.15, -0.1) is 0 Å². The number of benzene rings is 2. The Balaban J connectivity index is 1.37. The summed E-state index contributed by atoms with van der Waals surface area (Å²) >= 11 is 0. The fraction of sp³-hybridized carbons (Fsp3) is 0.515. The van der Waals surface area contributed by atoms with E-state index in [9.17, 15) is 19.2 Å². The molecular formula is C33H38N6O4. The van der Waals surface area contributed by atoms with Crippen molar-refractivity contribution in [3.05, 3.63) is 59.7 Å². The molecule has 4 saturated heterocycles. The Hall–Kier alpha value is -4.08. The summed E-state index contributed by atoms with van der Waals surface area (Å²) in [7, 11) is 0. The molecule has 4 amide bonds. The van der Waals surface area contributed by atoms with Gasteiger partial charge in [-0.25, -0.2) is 0 Å². The Morgan fingerprint density at radius 1 is 0.698 bits per heavy atom. The molecule has 8 rings (SSSR count). The van der Waals surface area contributed by atoms with Crippen LogP contribution in [0, 0.1) is 11.8 Å². The number of fused-ring (bicyclic) bond motifs is 11. The minimum atomic E-state index is -0.803. The van der Waals surface area contributed by atoms with Crippen LogP contribution >= 0.6 is 0 Å². The predicted octanol–water partition coefficient (Wildman–Crippen LogP) is 2.27. The highest BCUT2D eigenvalue weighted by Gasteiger charge is 2.78. The molecule has 10 nitrogen and oxygen atoms in total. The highest BCUT2D eigenvalue weighted by atomic mass is 16.2. The number of para-hydroxylation sites is 2. The normalized spacial score (nSPS) is 36.8. The van der Waals surface area contributed by atoms with E-state index in [1.54, 1.807) is 9.80 Å². The van der Waals surface area contributed by atoms with Crippen LogP contribution in [0.3, 0.4) is 0 Å².